The first-order valence-electron chi connectivity index (χ1n) is 6.41. The molecule has 2 heteroatoms. The topological polar surface area (TPSA) is 24.1 Å². The van der Waals surface area contributed by atoms with Crippen LogP contribution in [0.3, 0.4) is 0 Å². The molecule has 1 aliphatic heterocycles. The van der Waals surface area contributed by atoms with Gasteiger partial charge in [0.2, 0.25) is 0 Å². The Balaban J connectivity index is 2.79. The SMILES string of the molecule is [2H]C([2H])([2H])C1([2H])CNC([2H])(C([2H])([2H])[2H])CN1. The molecule has 1 fully saturated rings. The second-order valence-corrected chi connectivity index (χ2v) is 1.66. The van der Waals surface area contributed by atoms with E-state index in [9.17, 15) is 0 Å². The van der Waals surface area contributed by atoms with Crippen molar-refractivity contribution >= 4 is 0 Å². The van der Waals surface area contributed by atoms with Gasteiger partial charge in [-0.05, 0) is 13.7 Å². The van der Waals surface area contributed by atoms with Crippen molar-refractivity contribution in [2.24, 2.45) is 0 Å². The van der Waals surface area contributed by atoms with E-state index in [0.717, 1.165) is 0 Å². The van der Waals surface area contributed by atoms with Crippen molar-refractivity contribution in [3.8, 4) is 0 Å². The summed E-state index contributed by atoms with van der Waals surface area (Å²) in [6.07, 6.45) is 0. The Kier molecular flexibility index (Phi) is 0.461. The molecule has 0 amide bonds. The Labute approximate surface area is 61.9 Å². The highest BCUT2D eigenvalue weighted by Gasteiger charge is 2.10. The van der Waals surface area contributed by atoms with E-state index in [0.29, 0.717) is 0 Å². The zero-order valence-electron chi connectivity index (χ0n) is 12.4. The molecule has 1 saturated heterocycles. The summed E-state index contributed by atoms with van der Waals surface area (Å²) in [5.74, 6) is 0. The predicted octanol–water partition coefficient (Wildman–Crippen LogP) is -0.0438. The van der Waals surface area contributed by atoms with Crippen LogP contribution in [0.5, 0.6) is 0 Å². The minimum atomic E-state index is -2.57. The summed E-state index contributed by atoms with van der Waals surface area (Å²) in [5, 5.41) is 4.65. The van der Waals surface area contributed by atoms with E-state index in [1.165, 1.54) is 0 Å². The average molecular weight is 122 g/mol. The lowest BCUT2D eigenvalue weighted by Crippen LogP contribution is -2.51. The van der Waals surface area contributed by atoms with E-state index in [1.54, 1.807) is 0 Å². The van der Waals surface area contributed by atoms with Gasteiger partial charge >= 0.3 is 0 Å². The molecule has 2 unspecified atom stereocenters. The van der Waals surface area contributed by atoms with Gasteiger partial charge in [-0.2, -0.15) is 0 Å². The van der Waals surface area contributed by atoms with Crippen LogP contribution in [0.4, 0.5) is 0 Å². The van der Waals surface area contributed by atoms with Gasteiger partial charge in [0, 0.05) is 36.1 Å². The van der Waals surface area contributed by atoms with E-state index in [2.05, 4.69) is 10.6 Å². The maximum Gasteiger partial charge on any atom is 0.0475 e. The standard InChI is InChI=1S/C6H14N2/c1-5-3-8-6(2)4-7-5/h5-8H,3-4H2,1-2H3/i1D3,2D3,5D,6D. The highest BCUT2D eigenvalue weighted by atomic mass is 15.1. The van der Waals surface area contributed by atoms with Gasteiger partial charge in [-0.15, -0.1) is 0 Å². The van der Waals surface area contributed by atoms with Crippen LogP contribution in [-0.4, -0.2) is 25.1 Å². The van der Waals surface area contributed by atoms with E-state index >= 15 is 0 Å². The summed E-state index contributed by atoms with van der Waals surface area (Å²) in [7, 11) is 0. The second-order valence-electron chi connectivity index (χ2n) is 1.66. The Bertz CT molecular complexity index is 233. The molecule has 0 aromatic rings. The Morgan fingerprint density at radius 1 is 1.38 bits per heavy atom. The molecule has 0 aromatic carbocycles. The third-order valence-electron chi connectivity index (χ3n) is 0.957. The van der Waals surface area contributed by atoms with Crippen molar-refractivity contribution in [1.29, 1.82) is 0 Å². The summed E-state index contributed by atoms with van der Waals surface area (Å²) >= 11 is 0. The van der Waals surface area contributed by atoms with Crippen LogP contribution in [0.2, 0.25) is 0 Å². The van der Waals surface area contributed by atoms with Crippen LogP contribution in [0.25, 0.3) is 0 Å². The fraction of sp³-hybridized carbons (Fsp3) is 1.00. The molecule has 48 valence electrons. The third-order valence-corrected chi connectivity index (χ3v) is 0.957. The fourth-order valence-electron chi connectivity index (χ4n) is 0.515. The monoisotopic (exact) mass is 122 g/mol. The molecule has 0 radical (unpaired) electrons. The molecule has 0 saturated carbocycles. The summed E-state index contributed by atoms with van der Waals surface area (Å²) in [5.41, 5.74) is 0. The van der Waals surface area contributed by atoms with E-state index in [1.807, 2.05) is 0 Å². The minimum absolute atomic E-state index is 0.411. The van der Waals surface area contributed by atoms with Crippen LogP contribution in [0, 0.1) is 0 Å². The van der Waals surface area contributed by atoms with E-state index < -0.39 is 38.8 Å². The van der Waals surface area contributed by atoms with Gasteiger partial charge in [0.25, 0.3) is 0 Å². The van der Waals surface area contributed by atoms with Crippen LogP contribution in [0.1, 0.15) is 24.7 Å². The number of hydrogen-bond acceptors (Lipinski definition) is 2. The van der Waals surface area contributed by atoms with Gasteiger partial charge in [0.05, 0.1) is 0 Å². The quantitative estimate of drug-likeness (QED) is 0.471. The summed E-state index contributed by atoms with van der Waals surface area (Å²) < 4.78 is 58.2. The molecular weight excluding hydrogens is 100 g/mol. The largest absolute Gasteiger partial charge is 0.311 e. The van der Waals surface area contributed by atoms with Gasteiger partial charge in [-0.3, -0.25) is 0 Å². The lowest BCUT2D eigenvalue weighted by Gasteiger charge is -2.26. The molecule has 8 heavy (non-hydrogen) atoms. The zero-order valence-corrected chi connectivity index (χ0v) is 4.41. The van der Waals surface area contributed by atoms with Gasteiger partial charge in [0.15, 0.2) is 0 Å². The van der Waals surface area contributed by atoms with Gasteiger partial charge in [-0.1, -0.05) is 0 Å². The molecule has 1 aliphatic rings. The van der Waals surface area contributed by atoms with Crippen LogP contribution in [-0.2, 0) is 0 Å². The number of rotatable bonds is 0. The van der Waals surface area contributed by atoms with Crippen molar-refractivity contribution in [1.82, 2.24) is 10.6 Å². The highest BCUT2D eigenvalue weighted by Crippen LogP contribution is 1.89. The molecule has 2 N–H and O–H groups in total. The Morgan fingerprint density at radius 3 is 2.12 bits per heavy atom. The molecule has 2 atom stereocenters. The highest BCUT2D eigenvalue weighted by molar-refractivity contribution is 4.76. The zero-order chi connectivity index (χ0) is 12.8. The summed E-state index contributed by atoms with van der Waals surface area (Å²) in [6, 6.07) is -3.88. The molecule has 1 heterocycles. The third kappa shape index (κ3) is 1.46. The normalized spacial score (nSPS) is 76.0. The summed E-state index contributed by atoms with van der Waals surface area (Å²) in [6.45, 7) is -5.97. The first kappa shape index (κ1) is 1.50. The van der Waals surface area contributed by atoms with Crippen molar-refractivity contribution in [2.75, 3.05) is 13.1 Å². The van der Waals surface area contributed by atoms with E-state index in [-0.39, 0.29) is 0 Å². The minimum Gasteiger partial charge on any atom is -0.311 e. The molecule has 0 aromatic heterocycles. The number of hydrogen-bond donors (Lipinski definition) is 2. The van der Waals surface area contributed by atoms with E-state index in [4.69, 9.17) is 11.0 Å². The summed E-state index contributed by atoms with van der Waals surface area (Å²) in [4.78, 5) is 0. The Morgan fingerprint density at radius 2 is 1.88 bits per heavy atom. The maximum atomic E-state index is 7.65. The second kappa shape index (κ2) is 2.46. The predicted molar refractivity (Wildman–Crippen MR) is 34.9 cm³/mol. The number of nitrogens with one attached hydrogen (secondary N) is 2. The molecule has 0 bridgehead atoms. The maximum absolute atomic E-state index is 7.65. The fourth-order valence-corrected chi connectivity index (χ4v) is 0.515. The smallest absolute Gasteiger partial charge is 0.0475 e. The first-order chi connectivity index (χ1) is 6.91. The van der Waals surface area contributed by atoms with Gasteiger partial charge in [0.1, 0.15) is 0 Å². The lowest BCUT2D eigenvalue weighted by molar-refractivity contribution is 0.376. The molecule has 0 spiro atoms. The average Bonchev–Trinajstić information content (AvgIpc) is 2.07. The van der Waals surface area contributed by atoms with Crippen LogP contribution >= 0.6 is 0 Å². The number of piperazine rings is 1. The van der Waals surface area contributed by atoms with Crippen molar-refractivity contribution in [3.63, 3.8) is 0 Å². The lowest BCUT2D eigenvalue weighted by atomic mass is 10.2. The molecule has 2 nitrogen and oxygen atoms in total. The van der Waals surface area contributed by atoms with Crippen molar-refractivity contribution in [2.45, 2.75) is 25.7 Å². The van der Waals surface area contributed by atoms with Crippen LogP contribution in [0.15, 0.2) is 0 Å². The van der Waals surface area contributed by atoms with Crippen molar-refractivity contribution in [3.05, 3.63) is 0 Å². The molecule has 0 aliphatic carbocycles. The van der Waals surface area contributed by atoms with Crippen molar-refractivity contribution < 1.29 is 11.0 Å². The first-order valence-corrected chi connectivity index (χ1v) is 2.41. The molecular formula is C6H14N2. The van der Waals surface area contributed by atoms with Gasteiger partial charge in [-0.25, -0.2) is 0 Å². The Hall–Kier alpha value is -0.0800. The van der Waals surface area contributed by atoms with Crippen LogP contribution < -0.4 is 10.6 Å². The molecule has 1 rings (SSSR count). The van der Waals surface area contributed by atoms with Gasteiger partial charge < -0.3 is 10.6 Å².